The molecule has 0 aliphatic carbocycles. The van der Waals surface area contributed by atoms with Crippen LogP contribution in [-0.4, -0.2) is 26.6 Å². The van der Waals surface area contributed by atoms with E-state index in [-0.39, 0.29) is 18.0 Å². The van der Waals surface area contributed by atoms with Crippen molar-refractivity contribution in [1.29, 1.82) is 0 Å². The van der Waals surface area contributed by atoms with Crippen molar-refractivity contribution < 1.29 is 13.2 Å². The molecule has 0 fully saturated rings. The van der Waals surface area contributed by atoms with E-state index in [0.29, 0.717) is 11.3 Å². The molecule has 0 aromatic heterocycles. The van der Waals surface area contributed by atoms with E-state index in [1.165, 1.54) is 0 Å². The van der Waals surface area contributed by atoms with Crippen LogP contribution < -0.4 is 14.9 Å². The van der Waals surface area contributed by atoms with Crippen LogP contribution in [0.5, 0.6) is 0 Å². The molecule has 0 saturated carbocycles. The lowest BCUT2D eigenvalue weighted by molar-refractivity contribution is 0.0974. The predicted molar refractivity (Wildman–Crippen MR) is 125 cm³/mol. The molecular formula is C24H25N3O3S. The van der Waals surface area contributed by atoms with Crippen LogP contribution in [0.15, 0.2) is 78.9 Å². The van der Waals surface area contributed by atoms with Gasteiger partial charge in [0.1, 0.15) is 0 Å². The quantitative estimate of drug-likeness (QED) is 0.611. The zero-order valence-corrected chi connectivity index (χ0v) is 18.3. The highest BCUT2D eigenvalue weighted by molar-refractivity contribution is 7.92. The number of hydrogen-bond donors (Lipinski definition) is 2. The van der Waals surface area contributed by atoms with Crippen LogP contribution >= 0.6 is 0 Å². The van der Waals surface area contributed by atoms with Crippen LogP contribution in [0.4, 0.5) is 17.1 Å². The summed E-state index contributed by atoms with van der Waals surface area (Å²) in [5, 5.41) is 3.59. The number of hydrogen-bond acceptors (Lipinski definition) is 4. The standard InChI is InChI=1S/C24H25N3O3S/c1-17-16-22(25-19-8-4-3-5-9-19)21-10-6-7-11-23(21)27(17)24(28)18-12-14-20(15-13-18)26-31(2,29)30/h3-15,17,22,25-26H,16H2,1-2H3/t17-,22+/m1/s1. The number of nitrogens with zero attached hydrogens (tertiary/aromatic N) is 1. The summed E-state index contributed by atoms with van der Waals surface area (Å²) in [5.41, 5.74) is 3.95. The lowest BCUT2D eigenvalue weighted by Crippen LogP contribution is -2.44. The Morgan fingerprint density at radius 2 is 1.55 bits per heavy atom. The molecule has 1 aliphatic heterocycles. The zero-order valence-electron chi connectivity index (χ0n) is 17.4. The summed E-state index contributed by atoms with van der Waals surface area (Å²) in [7, 11) is -3.36. The van der Waals surface area contributed by atoms with Gasteiger partial charge in [0.05, 0.1) is 12.3 Å². The molecule has 0 saturated heterocycles. The van der Waals surface area contributed by atoms with Gasteiger partial charge in [-0.2, -0.15) is 0 Å². The molecule has 2 atom stereocenters. The second-order valence-corrected chi connectivity index (χ2v) is 9.58. The SMILES string of the molecule is C[C@@H]1C[C@H](Nc2ccccc2)c2ccccc2N1C(=O)c1ccc(NS(C)(=O)=O)cc1. The number of fused-ring (bicyclic) bond motifs is 1. The van der Waals surface area contributed by atoms with Gasteiger partial charge in [0, 0.05) is 28.7 Å². The molecule has 7 heteroatoms. The fourth-order valence-corrected chi connectivity index (χ4v) is 4.59. The number of amides is 1. The molecule has 1 aliphatic rings. The zero-order chi connectivity index (χ0) is 22.0. The van der Waals surface area contributed by atoms with Crippen LogP contribution in [0, 0.1) is 0 Å². The molecule has 6 nitrogen and oxygen atoms in total. The highest BCUT2D eigenvalue weighted by Gasteiger charge is 2.34. The number of benzene rings is 3. The van der Waals surface area contributed by atoms with Gasteiger partial charge in [-0.05, 0) is 61.4 Å². The molecule has 0 radical (unpaired) electrons. The maximum Gasteiger partial charge on any atom is 0.258 e. The Balaban J connectivity index is 1.62. The predicted octanol–water partition coefficient (Wildman–Crippen LogP) is 4.65. The smallest absolute Gasteiger partial charge is 0.258 e. The van der Waals surface area contributed by atoms with Gasteiger partial charge in [-0.15, -0.1) is 0 Å². The van der Waals surface area contributed by atoms with E-state index in [0.717, 1.165) is 29.6 Å². The van der Waals surface area contributed by atoms with E-state index in [2.05, 4.69) is 16.1 Å². The van der Waals surface area contributed by atoms with E-state index in [9.17, 15) is 13.2 Å². The van der Waals surface area contributed by atoms with Gasteiger partial charge in [0.25, 0.3) is 5.91 Å². The molecule has 0 unspecified atom stereocenters. The van der Waals surface area contributed by atoms with E-state index in [4.69, 9.17) is 0 Å². The third kappa shape index (κ3) is 4.72. The van der Waals surface area contributed by atoms with E-state index >= 15 is 0 Å². The largest absolute Gasteiger partial charge is 0.378 e. The maximum absolute atomic E-state index is 13.4. The lowest BCUT2D eigenvalue weighted by Gasteiger charge is -2.40. The number of para-hydroxylation sites is 2. The third-order valence-electron chi connectivity index (χ3n) is 5.36. The minimum Gasteiger partial charge on any atom is -0.378 e. The monoisotopic (exact) mass is 435 g/mol. The summed E-state index contributed by atoms with van der Waals surface area (Å²) in [5.74, 6) is -0.107. The number of nitrogens with one attached hydrogen (secondary N) is 2. The average Bonchev–Trinajstić information content (AvgIpc) is 2.74. The number of carbonyl (C=O) groups is 1. The minimum absolute atomic E-state index is 0.0163. The van der Waals surface area contributed by atoms with Crippen LogP contribution in [-0.2, 0) is 10.0 Å². The third-order valence-corrected chi connectivity index (χ3v) is 5.96. The van der Waals surface area contributed by atoms with Gasteiger partial charge in [-0.3, -0.25) is 9.52 Å². The van der Waals surface area contributed by atoms with Gasteiger partial charge >= 0.3 is 0 Å². The summed E-state index contributed by atoms with van der Waals surface area (Å²) in [4.78, 5) is 15.2. The molecule has 1 amide bonds. The van der Waals surface area contributed by atoms with Crippen LogP contribution in [0.1, 0.15) is 35.3 Å². The molecule has 0 spiro atoms. The Labute approximate surface area is 183 Å². The minimum atomic E-state index is -3.36. The van der Waals surface area contributed by atoms with E-state index in [1.54, 1.807) is 24.3 Å². The topological polar surface area (TPSA) is 78.5 Å². The van der Waals surface area contributed by atoms with Crippen LogP contribution in [0.3, 0.4) is 0 Å². The Kier molecular flexibility index (Phi) is 5.69. The van der Waals surface area contributed by atoms with Crippen molar-refractivity contribution in [3.05, 3.63) is 90.0 Å². The Morgan fingerprint density at radius 1 is 0.903 bits per heavy atom. The van der Waals surface area contributed by atoms with E-state index < -0.39 is 10.0 Å². The van der Waals surface area contributed by atoms with Crippen molar-refractivity contribution in [3.8, 4) is 0 Å². The van der Waals surface area contributed by atoms with Crippen molar-refractivity contribution in [2.24, 2.45) is 0 Å². The van der Waals surface area contributed by atoms with Gasteiger partial charge in [0.15, 0.2) is 0 Å². The number of anilines is 3. The first-order chi connectivity index (χ1) is 14.8. The van der Waals surface area contributed by atoms with Gasteiger partial charge in [0.2, 0.25) is 10.0 Å². The van der Waals surface area contributed by atoms with Crippen LogP contribution in [0.2, 0.25) is 0 Å². The van der Waals surface area contributed by atoms with Crippen molar-refractivity contribution in [1.82, 2.24) is 0 Å². The molecule has 2 N–H and O–H groups in total. The molecule has 3 aromatic carbocycles. The molecular weight excluding hydrogens is 410 g/mol. The van der Waals surface area contributed by atoms with Crippen molar-refractivity contribution in [2.45, 2.75) is 25.4 Å². The fourth-order valence-electron chi connectivity index (χ4n) is 4.03. The van der Waals surface area contributed by atoms with E-state index in [1.807, 2.05) is 60.4 Å². The summed E-state index contributed by atoms with van der Waals surface area (Å²) in [6.07, 6.45) is 1.86. The molecule has 1 heterocycles. The Morgan fingerprint density at radius 3 is 2.23 bits per heavy atom. The summed E-state index contributed by atoms with van der Waals surface area (Å²) in [6.45, 7) is 2.05. The first-order valence-electron chi connectivity index (χ1n) is 10.1. The maximum atomic E-state index is 13.4. The van der Waals surface area contributed by atoms with Crippen molar-refractivity contribution >= 4 is 33.0 Å². The Bertz CT molecular complexity index is 1180. The first-order valence-corrected chi connectivity index (χ1v) is 12.0. The second-order valence-electron chi connectivity index (χ2n) is 7.83. The van der Waals surface area contributed by atoms with Gasteiger partial charge in [-0.1, -0.05) is 36.4 Å². The van der Waals surface area contributed by atoms with Crippen molar-refractivity contribution in [3.63, 3.8) is 0 Å². The first kappa shape index (κ1) is 20.9. The Hall–Kier alpha value is -3.32. The molecule has 31 heavy (non-hydrogen) atoms. The average molecular weight is 436 g/mol. The van der Waals surface area contributed by atoms with Gasteiger partial charge < -0.3 is 10.2 Å². The summed E-state index contributed by atoms with van der Waals surface area (Å²) < 4.78 is 25.3. The second kappa shape index (κ2) is 8.43. The fraction of sp³-hybridized carbons (Fsp3) is 0.208. The van der Waals surface area contributed by atoms with Crippen molar-refractivity contribution in [2.75, 3.05) is 21.2 Å². The molecule has 3 aromatic rings. The number of rotatable bonds is 5. The molecule has 4 rings (SSSR count). The summed E-state index contributed by atoms with van der Waals surface area (Å²) in [6, 6.07) is 24.6. The highest BCUT2D eigenvalue weighted by atomic mass is 32.2. The molecule has 0 bridgehead atoms. The van der Waals surface area contributed by atoms with Crippen LogP contribution in [0.25, 0.3) is 0 Å². The number of sulfonamides is 1. The lowest BCUT2D eigenvalue weighted by atomic mass is 9.90. The number of carbonyl (C=O) groups excluding carboxylic acids is 1. The normalized spacial score (nSPS) is 18.2. The van der Waals surface area contributed by atoms with Gasteiger partial charge in [-0.25, -0.2) is 8.42 Å². The highest BCUT2D eigenvalue weighted by Crippen LogP contribution is 2.39. The summed E-state index contributed by atoms with van der Waals surface area (Å²) >= 11 is 0. The molecule has 160 valence electrons.